The van der Waals surface area contributed by atoms with Gasteiger partial charge in [-0.2, -0.15) is 0 Å². The van der Waals surface area contributed by atoms with Gasteiger partial charge in [0.15, 0.2) is 0 Å². The first kappa shape index (κ1) is 12.8. The van der Waals surface area contributed by atoms with Crippen LogP contribution in [0.4, 0.5) is 0 Å². The van der Waals surface area contributed by atoms with Crippen molar-refractivity contribution in [2.24, 2.45) is 12.9 Å². The lowest BCUT2D eigenvalue weighted by atomic mass is 10.0. The van der Waals surface area contributed by atoms with E-state index < -0.39 is 0 Å². The largest absolute Gasteiger partial charge is 0.336 e. The Hall–Kier alpha value is -1.65. The minimum absolute atomic E-state index is 0.0879. The Bertz CT molecular complexity index is 487. The normalized spacial score (nSPS) is 12.6. The average Bonchev–Trinajstić information content (AvgIpc) is 2.83. The number of hydrogen-bond donors (Lipinski definition) is 2. The quantitative estimate of drug-likeness (QED) is 0.622. The van der Waals surface area contributed by atoms with Crippen LogP contribution in [0.15, 0.2) is 36.8 Å². The number of nitrogens with one attached hydrogen (secondary N) is 1. The maximum Gasteiger partial charge on any atom is 0.0946 e. The van der Waals surface area contributed by atoms with E-state index in [0.717, 1.165) is 18.5 Å². The van der Waals surface area contributed by atoms with Gasteiger partial charge in [-0.3, -0.25) is 11.3 Å². The van der Waals surface area contributed by atoms with E-state index in [1.807, 2.05) is 17.8 Å². The van der Waals surface area contributed by atoms with Crippen molar-refractivity contribution in [1.29, 1.82) is 0 Å². The first-order valence-electron chi connectivity index (χ1n) is 6.24. The Balaban J connectivity index is 2.13. The molecule has 0 aliphatic rings. The summed E-state index contributed by atoms with van der Waals surface area (Å²) in [5, 5.41) is 0. The van der Waals surface area contributed by atoms with Crippen molar-refractivity contribution in [1.82, 2.24) is 15.0 Å². The average molecular weight is 244 g/mol. The summed E-state index contributed by atoms with van der Waals surface area (Å²) in [6, 6.07) is 8.77. The van der Waals surface area contributed by atoms with E-state index in [9.17, 15) is 0 Å². The fourth-order valence-corrected chi connectivity index (χ4v) is 2.10. The molecule has 96 valence electrons. The molecular formula is C14H20N4. The SMILES string of the molecule is CCc1ccc(CC(NN)c2cncn2C)cc1. The van der Waals surface area contributed by atoms with Crippen LogP contribution >= 0.6 is 0 Å². The molecule has 1 unspecified atom stereocenters. The topological polar surface area (TPSA) is 55.9 Å². The molecule has 0 bridgehead atoms. The van der Waals surface area contributed by atoms with E-state index in [1.165, 1.54) is 11.1 Å². The van der Waals surface area contributed by atoms with Crippen molar-refractivity contribution in [3.05, 3.63) is 53.6 Å². The highest BCUT2D eigenvalue weighted by Crippen LogP contribution is 2.17. The molecule has 1 heterocycles. The zero-order valence-corrected chi connectivity index (χ0v) is 10.9. The van der Waals surface area contributed by atoms with Crippen molar-refractivity contribution >= 4 is 0 Å². The lowest BCUT2D eigenvalue weighted by Crippen LogP contribution is -2.30. The predicted octanol–water partition coefficient (Wildman–Crippen LogP) is 1.73. The third kappa shape index (κ3) is 2.78. The fraction of sp³-hybridized carbons (Fsp3) is 0.357. The monoisotopic (exact) mass is 244 g/mol. The lowest BCUT2D eigenvalue weighted by molar-refractivity contribution is 0.522. The minimum atomic E-state index is 0.0879. The molecule has 18 heavy (non-hydrogen) atoms. The molecule has 0 fully saturated rings. The van der Waals surface area contributed by atoms with Gasteiger partial charge in [-0.15, -0.1) is 0 Å². The van der Waals surface area contributed by atoms with Crippen molar-refractivity contribution in [3.63, 3.8) is 0 Å². The van der Waals surface area contributed by atoms with Crippen LogP contribution in [-0.4, -0.2) is 9.55 Å². The number of nitrogens with two attached hydrogens (primary N) is 1. The first-order chi connectivity index (χ1) is 8.74. The molecule has 1 aromatic heterocycles. The fourth-order valence-electron chi connectivity index (χ4n) is 2.10. The lowest BCUT2D eigenvalue weighted by Gasteiger charge is -2.16. The van der Waals surface area contributed by atoms with Crippen LogP contribution in [0.25, 0.3) is 0 Å². The highest BCUT2D eigenvalue weighted by molar-refractivity contribution is 5.24. The van der Waals surface area contributed by atoms with E-state index in [-0.39, 0.29) is 6.04 Å². The molecular weight excluding hydrogens is 224 g/mol. The van der Waals surface area contributed by atoms with Crippen LogP contribution in [0, 0.1) is 0 Å². The number of rotatable bonds is 5. The summed E-state index contributed by atoms with van der Waals surface area (Å²) >= 11 is 0. The van der Waals surface area contributed by atoms with Gasteiger partial charge in [0.1, 0.15) is 0 Å². The van der Waals surface area contributed by atoms with Gasteiger partial charge in [-0.25, -0.2) is 4.98 Å². The molecule has 4 nitrogen and oxygen atoms in total. The number of nitrogens with zero attached hydrogens (tertiary/aromatic N) is 2. The highest BCUT2D eigenvalue weighted by atomic mass is 15.2. The maximum atomic E-state index is 5.65. The second-order valence-corrected chi connectivity index (χ2v) is 4.52. The molecule has 4 heteroatoms. The van der Waals surface area contributed by atoms with Crippen LogP contribution in [0.3, 0.4) is 0 Å². The molecule has 3 N–H and O–H groups in total. The molecule has 1 aromatic carbocycles. The Morgan fingerprint density at radius 1 is 1.28 bits per heavy atom. The standard InChI is InChI=1S/C14H20N4/c1-3-11-4-6-12(7-5-11)8-13(17-15)14-9-16-10-18(14)2/h4-7,9-10,13,17H,3,8,15H2,1-2H3. The Kier molecular flexibility index (Phi) is 4.12. The number of hydrazine groups is 1. The molecule has 0 aliphatic carbocycles. The van der Waals surface area contributed by atoms with Crippen LogP contribution in [-0.2, 0) is 19.9 Å². The van der Waals surface area contributed by atoms with Gasteiger partial charge >= 0.3 is 0 Å². The molecule has 2 aromatic rings. The van der Waals surface area contributed by atoms with E-state index in [0.29, 0.717) is 0 Å². The summed E-state index contributed by atoms with van der Waals surface area (Å²) in [6.07, 6.45) is 5.57. The molecule has 0 amide bonds. The van der Waals surface area contributed by atoms with Crippen molar-refractivity contribution < 1.29 is 0 Å². The number of aryl methyl sites for hydroxylation is 2. The van der Waals surface area contributed by atoms with Crippen LogP contribution in [0.1, 0.15) is 29.8 Å². The van der Waals surface area contributed by atoms with Crippen molar-refractivity contribution in [3.8, 4) is 0 Å². The molecule has 2 rings (SSSR count). The molecule has 0 aliphatic heterocycles. The smallest absolute Gasteiger partial charge is 0.0946 e. The van der Waals surface area contributed by atoms with Gasteiger partial charge in [0.05, 0.1) is 18.1 Å². The van der Waals surface area contributed by atoms with E-state index in [4.69, 9.17) is 5.84 Å². The Morgan fingerprint density at radius 2 is 1.94 bits per heavy atom. The van der Waals surface area contributed by atoms with Gasteiger partial charge in [-0.05, 0) is 24.0 Å². The summed E-state index contributed by atoms with van der Waals surface area (Å²) in [7, 11) is 1.98. The third-order valence-corrected chi connectivity index (χ3v) is 3.28. The first-order valence-corrected chi connectivity index (χ1v) is 6.24. The second kappa shape index (κ2) is 5.80. The van der Waals surface area contributed by atoms with Gasteiger partial charge in [0.25, 0.3) is 0 Å². The van der Waals surface area contributed by atoms with E-state index >= 15 is 0 Å². The maximum absolute atomic E-state index is 5.65. The summed E-state index contributed by atoms with van der Waals surface area (Å²) in [4.78, 5) is 4.13. The van der Waals surface area contributed by atoms with Gasteiger partial charge in [0, 0.05) is 13.2 Å². The summed E-state index contributed by atoms with van der Waals surface area (Å²) in [5.74, 6) is 5.65. The third-order valence-electron chi connectivity index (χ3n) is 3.28. The summed E-state index contributed by atoms with van der Waals surface area (Å²) < 4.78 is 1.99. The second-order valence-electron chi connectivity index (χ2n) is 4.52. The number of aromatic nitrogens is 2. The van der Waals surface area contributed by atoms with Crippen molar-refractivity contribution in [2.45, 2.75) is 25.8 Å². The number of hydrogen-bond acceptors (Lipinski definition) is 3. The Morgan fingerprint density at radius 3 is 2.44 bits per heavy atom. The van der Waals surface area contributed by atoms with Crippen LogP contribution in [0.5, 0.6) is 0 Å². The summed E-state index contributed by atoms with van der Waals surface area (Å²) in [5.41, 5.74) is 6.59. The predicted molar refractivity (Wildman–Crippen MR) is 72.8 cm³/mol. The van der Waals surface area contributed by atoms with Gasteiger partial charge in [-0.1, -0.05) is 31.2 Å². The molecule has 1 atom stereocenters. The number of imidazole rings is 1. The van der Waals surface area contributed by atoms with E-state index in [2.05, 4.69) is 41.6 Å². The molecule has 0 spiro atoms. The van der Waals surface area contributed by atoms with Crippen LogP contribution < -0.4 is 11.3 Å². The molecule has 0 radical (unpaired) electrons. The zero-order valence-electron chi connectivity index (χ0n) is 10.9. The van der Waals surface area contributed by atoms with E-state index in [1.54, 1.807) is 6.33 Å². The summed E-state index contributed by atoms with van der Waals surface area (Å²) in [6.45, 7) is 2.16. The molecule has 0 saturated heterocycles. The van der Waals surface area contributed by atoms with Gasteiger partial charge < -0.3 is 4.57 Å². The van der Waals surface area contributed by atoms with Crippen molar-refractivity contribution in [2.75, 3.05) is 0 Å². The minimum Gasteiger partial charge on any atom is -0.336 e. The highest BCUT2D eigenvalue weighted by Gasteiger charge is 2.13. The zero-order chi connectivity index (χ0) is 13.0. The number of benzene rings is 1. The Labute approximate surface area is 108 Å². The van der Waals surface area contributed by atoms with Gasteiger partial charge in [0.2, 0.25) is 0 Å². The molecule has 0 saturated carbocycles. The van der Waals surface area contributed by atoms with Crippen LogP contribution in [0.2, 0.25) is 0 Å².